The fourth-order valence-electron chi connectivity index (χ4n) is 0.603. The van der Waals surface area contributed by atoms with Crippen LogP contribution in [-0.4, -0.2) is 0 Å². The number of anilines is 1. The zero-order valence-corrected chi connectivity index (χ0v) is 5.99. The number of benzene rings is 1. The molecule has 0 radical (unpaired) electrons. The molecule has 0 saturated heterocycles. The molecule has 4 heteroatoms. The van der Waals surface area contributed by atoms with Crippen LogP contribution < -0.4 is 11.3 Å². The molecule has 0 heterocycles. The van der Waals surface area contributed by atoms with E-state index < -0.39 is 0 Å². The van der Waals surface area contributed by atoms with Crippen molar-refractivity contribution in [3.63, 3.8) is 0 Å². The Hall–Kier alpha value is -0.740. The second-order valence-electron chi connectivity index (χ2n) is 1.75. The zero-order valence-electron chi connectivity index (χ0n) is 5.17. The number of halogens is 1. The van der Waals surface area contributed by atoms with Crippen LogP contribution >= 0.6 is 12.1 Å². The van der Waals surface area contributed by atoms with Gasteiger partial charge in [0, 0.05) is 10.6 Å². The maximum absolute atomic E-state index is 11.8. The first-order valence-corrected chi connectivity index (χ1v) is 3.44. The molecule has 1 aromatic rings. The van der Waals surface area contributed by atoms with Crippen molar-refractivity contribution < 1.29 is 3.89 Å². The number of rotatable bonds is 2. The van der Waals surface area contributed by atoms with Crippen LogP contribution in [0.1, 0.15) is 0 Å². The summed E-state index contributed by atoms with van der Waals surface area (Å²) in [6.07, 6.45) is 0. The average molecular weight is 158 g/mol. The van der Waals surface area contributed by atoms with Gasteiger partial charge in [-0.05, 0) is 24.3 Å². The van der Waals surface area contributed by atoms with Crippen LogP contribution in [0.3, 0.4) is 0 Å². The van der Waals surface area contributed by atoms with Crippen molar-refractivity contribution in [3.05, 3.63) is 24.3 Å². The highest BCUT2D eigenvalue weighted by molar-refractivity contribution is 7.94. The number of hydrazine groups is 1. The number of hydrogen-bond donors (Lipinski definition) is 2. The predicted octanol–water partition coefficient (Wildman–Crippen LogP) is 1.95. The van der Waals surface area contributed by atoms with E-state index in [2.05, 4.69) is 5.43 Å². The molecule has 1 aromatic carbocycles. The van der Waals surface area contributed by atoms with Crippen LogP contribution in [-0.2, 0) is 0 Å². The summed E-state index contributed by atoms with van der Waals surface area (Å²) in [5.41, 5.74) is 3.22. The van der Waals surface area contributed by atoms with Crippen LogP contribution in [0.2, 0.25) is 0 Å². The lowest BCUT2D eigenvalue weighted by Gasteiger charge is -1.97. The largest absolute Gasteiger partial charge is 0.324 e. The first kappa shape index (κ1) is 7.37. The van der Waals surface area contributed by atoms with Gasteiger partial charge in [-0.15, -0.1) is 0 Å². The Morgan fingerprint density at radius 2 is 1.90 bits per heavy atom. The van der Waals surface area contributed by atoms with Crippen LogP contribution in [0.5, 0.6) is 0 Å². The molecular weight excluding hydrogens is 151 g/mol. The third kappa shape index (κ3) is 1.62. The Bertz CT molecular complexity index is 176. The van der Waals surface area contributed by atoms with Gasteiger partial charge in [0.2, 0.25) is 0 Å². The lowest BCUT2D eigenvalue weighted by atomic mass is 10.3. The maximum Gasteiger partial charge on any atom is 0.0812 e. The summed E-state index contributed by atoms with van der Waals surface area (Å²) in [5.74, 6) is 5.09. The molecule has 0 aliphatic carbocycles. The van der Waals surface area contributed by atoms with Crippen molar-refractivity contribution in [1.29, 1.82) is 0 Å². The third-order valence-electron chi connectivity index (χ3n) is 1.11. The van der Waals surface area contributed by atoms with Gasteiger partial charge in [-0.2, -0.15) is 3.89 Å². The van der Waals surface area contributed by atoms with E-state index in [0.29, 0.717) is 4.90 Å². The zero-order chi connectivity index (χ0) is 7.40. The topological polar surface area (TPSA) is 38.0 Å². The Balaban J connectivity index is 2.80. The highest BCUT2D eigenvalue weighted by Crippen LogP contribution is 2.19. The van der Waals surface area contributed by atoms with Gasteiger partial charge in [0.1, 0.15) is 0 Å². The normalized spacial score (nSPS) is 9.40. The molecule has 0 aliphatic heterocycles. The molecule has 0 amide bonds. The van der Waals surface area contributed by atoms with Crippen molar-refractivity contribution in [2.45, 2.75) is 4.90 Å². The van der Waals surface area contributed by atoms with Gasteiger partial charge < -0.3 is 5.43 Å². The second-order valence-corrected chi connectivity index (χ2v) is 2.37. The third-order valence-corrected chi connectivity index (χ3v) is 1.56. The molecule has 0 aliphatic rings. The van der Waals surface area contributed by atoms with Gasteiger partial charge in [-0.3, -0.25) is 5.84 Å². The average Bonchev–Trinajstić information content (AvgIpc) is 2.05. The molecule has 2 nitrogen and oxygen atoms in total. The van der Waals surface area contributed by atoms with Gasteiger partial charge in [-0.25, -0.2) is 0 Å². The second kappa shape index (κ2) is 3.43. The smallest absolute Gasteiger partial charge is 0.0812 e. The fourth-order valence-corrected chi connectivity index (χ4v) is 0.842. The van der Waals surface area contributed by atoms with Gasteiger partial charge in [0.05, 0.1) is 12.1 Å². The summed E-state index contributed by atoms with van der Waals surface area (Å²) in [5, 5.41) is 0. The minimum Gasteiger partial charge on any atom is -0.324 e. The minimum atomic E-state index is 0.219. The Morgan fingerprint density at radius 1 is 1.30 bits per heavy atom. The lowest BCUT2D eigenvalue weighted by molar-refractivity contribution is 0.934. The molecule has 3 N–H and O–H groups in total. The van der Waals surface area contributed by atoms with Crippen LogP contribution in [0.25, 0.3) is 0 Å². The van der Waals surface area contributed by atoms with Crippen molar-refractivity contribution in [3.8, 4) is 0 Å². The summed E-state index contributed by atoms with van der Waals surface area (Å²) in [7, 11) is 0. The van der Waals surface area contributed by atoms with Crippen molar-refractivity contribution in [1.82, 2.24) is 0 Å². The Morgan fingerprint density at radius 3 is 2.30 bits per heavy atom. The molecule has 0 unspecified atom stereocenters. The molecule has 1 rings (SSSR count). The summed E-state index contributed by atoms with van der Waals surface area (Å²) in [6.45, 7) is 0. The monoisotopic (exact) mass is 158 g/mol. The van der Waals surface area contributed by atoms with Crippen molar-refractivity contribution in [2.75, 3.05) is 5.43 Å². The minimum absolute atomic E-state index is 0.219. The van der Waals surface area contributed by atoms with Gasteiger partial charge in [0.15, 0.2) is 0 Å². The van der Waals surface area contributed by atoms with E-state index >= 15 is 0 Å². The van der Waals surface area contributed by atoms with E-state index in [9.17, 15) is 3.89 Å². The van der Waals surface area contributed by atoms with E-state index in [1.807, 2.05) is 0 Å². The van der Waals surface area contributed by atoms with E-state index in [-0.39, 0.29) is 12.1 Å². The van der Waals surface area contributed by atoms with Crippen molar-refractivity contribution >= 4 is 17.8 Å². The number of hydrogen-bond acceptors (Lipinski definition) is 3. The SMILES string of the molecule is NNc1ccc(SF)cc1. The Labute approximate surface area is 62.9 Å². The van der Waals surface area contributed by atoms with E-state index in [1.54, 1.807) is 24.3 Å². The molecule has 0 bridgehead atoms. The van der Waals surface area contributed by atoms with E-state index in [0.717, 1.165) is 5.69 Å². The van der Waals surface area contributed by atoms with E-state index in [4.69, 9.17) is 5.84 Å². The summed E-state index contributed by atoms with van der Waals surface area (Å²) >= 11 is 0.219. The number of nitrogen functional groups attached to an aromatic ring is 1. The molecule has 0 atom stereocenters. The summed E-state index contributed by atoms with van der Waals surface area (Å²) in [4.78, 5) is 0.582. The first-order chi connectivity index (χ1) is 4.86. The van der Waals surface area contributed by atoms with Gasteiger partial charge in [0.25, 0.3) is 0 Å². The van der Waals surface area contributed by atoms with Gasteiger partial charge in [-0.1, -0.05) is 0 Å². The quantitative estimate of drug-likeness (QED) is 0.510. The standard InChI is InChI=1S/C6H7FN2S/c7-10-6-3-1-5(9-8)2-4-6/h1-4,9H,8H2. The van der Waals surface area contributed by atoms with Crippen LogP contribution in [0.4, 0.5) is 9.57 Å². The Kier molecular flexibility index (Phi) is 2.53. The first-order valence-electron chi connectivity index (χ1n) is 2.72. The molecule has 0 aromatic heterocycles. The van der Waals surface area contributed by atoms with Crippen LogP contribution in [0, 0.1) is 0 Å². The van der Waals surface area contributed by atoms with Gasteiger partial charge >= 0.3 is 0 Å². The molecule has 10 heavy (non-hydrogen) atoms. The van der Waals surface area contributed by atoms with Crippen molar-refractivity contribution in [2.24, 2.45) is 5.84 Å². The van der Waals surface area contributed by atoms with E-state index in [1.165, 1.54) is 0 Å². The molecule has 0 fully saturated rings. The number of nitrogens with two attached hydrogens (primary N) is 1. The number of nitrogens with one attached hydrogen (secondary N) is 1. The lowest BCUT2D eigenvalue weighted by Crippen LogP contribution is -2.05. The molecule has 0 spiro atoms. The molecule has 54 valence electrons. The fraction of sp³-hybridized carbons (Fsp3) is 0. The maximum atomic E-state index is 11.8. The van der Waals surface area contributed by atoms with Crippen LogP contribution in [0.15, 0.2) is 29.2 Å². The molecular formula is C6H7FN2S. The highest BCUT2D eigenvalue weighted by atomic mass is 32.2. The highest BCUT2D eigenvalue weighted by Gasteiger charge is 1.91. The summed E-state index contributed by atoms with van der Waals surface area (Å²) in [6, 6.07) is 6.73. The predicted molar refractivity (Wildman–Crippen MR) is 41.2 cm³/mol. The summed E-state index contributed by atoms with van der Waals surface area (Å²) < 4.78 is 11.8. The molecule has 0 saturated carbocycles.